The third kappa shape index (κ3) is 2.37. The molecule has 0 aliphatic carbocycles. The molecule has 86 valence electrons. The lowest BCUT2D eigenvalue weighted by Crippen LogP contribution is -2.58. The summed E-state index contributed by atoms with van der Waals surface area (Å²) in [4.78, 5) is 2.52. The fraction of sp³-hybridized carbons (Fsp3) is 1.00. The SMILES string of the molecule is CO[C@H]1O[C@@H](CO)[C@@H](O)[C@@H](O)[C@@H]1N=[N+]=[N-]. The second-order valence-electron chi connectivity index (χ2n) is 3.14. The summed E-state index contributed by atoms with van der Waals surface area (Å²) in [5.74, 6) is 0. The van der Waals surface area contributed by atoms with Gasteiger partial charge in [0.25, 0.3) is 0 Å². The van der Waals surface area contributed by atoms with E-state index in [2.05, 4.69) is 10.0 Å². The number of rotatable bonds is 3. The normalized spacial score (nSPS) is 40.9. The monoisotopic (exact) mass is 219 g/mol. The van der Waals surface area contributed by atoms with Crippen molar-refractivity contribution in [2.75, 3.05) is 13.7 Å². The molecule has 1 fully saturated rings. The Labute approximate surface area is 85.7 Å². The molecular formula is C7H13N3O5. The number of methoxy groups -OCH3 is 1. The highest BCUT2D eigenvalue weighted by atomic mass is 16.7. The summed E-state index contributed by atoms with van der Waals surface area (Å²) >= 11 is 0. The molecule has 0 unspecified atom stereocenters. The molecule has 8 nitrogen and oxygen atoms in total. The van der Waals surface area contributed by atoms with Crippen LogP contribution in [-0.4, -0.2) is 59.7 Å². The Morgan fingerprint density at radius 2 is 2.13 bits per heavy atom. The first-order valence-corrected chi connectivity index (χ1v) is 4.35. The van der Waals surface area contributed by atoms with Crippen molar-refractivity contribution in [3.8, 4) is 0 Å². The van der Waals surface area contributed by atoms with Crippen molar-refractivity contribution in [2.45, 2.75) is 30.6 Å². The molecule has 1 aliphatic rings. The summed E-state index contributed by atoms with van der Waals surface area (Å²) in [5.41, 5.74) is 8.26. The van der Waals surface area contributed by atoms with Crippen LogP contribution in [0.2, 0.25) is 0 Å². The summed E-state index contributed by atoms with van der Waals surface area (Å²) in [6.45, 7) is -0.457. The van der Waals surface area contributed by atoms with Gasteiger partial charge in [-0.3, -0.25) is 0 Å². The van der Waals surface area contributed by atoms with Crippen LogP contribution in [0.25, 0.3) is 10.4 Å². The largest absolute Gasteiger partial charge is 0.394 e. The number of azide groups is 1. The van der Waals surface area contributed by atoms with Crippen molar-refractivity contribution >= 4 is 0 Å². The minimum Gasteiger partial charge on any atom is -0.394 e. The van der Waals surface area contributed by atoms with Gasteiger partial charge in [0, 0.05) is 12.0 Å². The van der Waals surface area contributed by atoms with E-state index in [0.29, 0.717) is 0 Å². The Balaban J connectivity index is 2.83. The molecule has 0 amide bonds. The molecule has 3 N–H and O–H groups in total. The van der Waals surface area contributed by atoms with Gasteiger partial charge in [-0.2, -0.15) is 0 Å². The number of ether oxygens (including phenoxy) is 2. The van der Waals surface area contributed by atoms with Crippen molar-refractivity contribution in [3.63, 3.8) is 0 Å². The van der Waals surface area contributed by atoms with Crippen LogP contribution < -0.4 is 0 Å². The van der Waals surface area contributed by atoms with Crippen molar-refractivity contribution in [3.05, 3.63) is 10.4 Å². The molecule has 0 spiro atoms. The van der Waals surface area contributed by atoms with Gasteiger partial charge in [-0.25, -0.2) is 0 Å². The Hall–Kier alpha value is -0.890. The molecule has 1 heterocycles. The van der Waals surface area contributed by atoms with E-state index in [1.807, 2.05) is 0 Å². The zero-order chi connectivity index (χ0) is 11.4. The van der Waals surface area contributed by atoms with Gasteiger partial charge in [0.15, 0.2) is 6.29 Å². The third-order valence-corrected chi connectivity index (χ3v) is 2.27. The molecule has 0 aromatic rings. The standard InChI is InChI=1S/C7H13N3O5/c1-14-7-4(9-10-8)6(13)5(12)3(2-11)15-7/h3-7,11-13H,2H2,1H3/t3-,4-,5+,6-,7-/m0/s1. The van der Waals surface area contributed by atoms with E-state index in [4.69, 9.17) is 20.1 Å². The predicted molar refractivity (Wildman–Crippen MR) is 47.7 cm³/mol. The molecule has 5 atom stereocenters. The van der Waals surface area contributed by atoms with Crippen molar-refractivity contribution in [1.82, 2.24) is 0 Å². The number of hydrogen-bond donors (Lipinski definition) is 3. The maximum absolute atomic E-state index is 9.59. The lowest BCUT2D eigenvalue weighted by Gasteiger charge is -2.39. The second kappa shape index (κ2) is 5.26. The first-order chi connectivity index (χ1) is 7.15. The molecule has 0 radical (unpaired) electrons. The van der Waals surface area contributed by atoms with E-state index in [1.165, 1.54) is 7.11 Å². The summed E-state index contributed by atoms with van der Waals surface area (Å²) in [6, 6.07) is -1.03. The van der Waals surface area contributed by atoms with E-state index in [0.717, 1.165) is 0 Å². The van der Waals surface area contributed by atoms with Gasteiger partial charge in [0.05, 0.1) is 12.7 Å². The maximum Gasteiger partial charge on any atom is 0.168 e. The van der Waals surface area contributed by atoms with Gasteiger partial charge < -0.3 is 24.8 Å². The van der Waals surface area contributed by atoms with Gasteiger partial charge >= 0.3 is 0 Å². The maximum atomic E-state index is 9.59. The molecule has 1 saturated heterocycles. The lowest BCUT2D eigenvalue weighted by molar-refractivity contribution is -0.257. The van der Waals surface area contributed by atoms with Gasteiger partial charge in [-0.1, -0.05) is 5.11 Å². The Morgan fingerprint density at radius 1 is 1.47 bits per heavy atom. The first kappa shape index (κ1) is 12.2. The fourth-order valence-electron chi connectivity index (χ4n) is 1.44. The molecule has 0 saturated carbocycles. The summed E-state index contributed by atoms with van der Waals surface area (Å²) in [7, 11) is 1.31. The van der Waals surface area contributed by atoms with Gasteiger partial charge in [0.2, 0.25) is 0 Å². The third-order valence-electron chi connectivity index (χ3n) is 2.27. The lowest BCUT2D eigenvalue weighted by atomic mass is 9.98. The highest BCUT2D eigenvalue weighted by Gasteiger charge is 2.43. The van der Waals surface area contributed by atoms with E-state index < -0.39 is 37.3 Å². The summed E-state index contributed by atoms with van der Waals surface area (Å²) < 4.78 is 9.92. The average Bonchev–Trinajstić information content (AvgIpc) is 2.25. The van der Waals surface area contributed by atoms with E-state index in [9.17, 15) is 10.2 Å². The van der Waals surface area contributed by atoms with Crippen LogP contribution in [0.15, 0.2) is 5.11 Å². The number of nitrogens with zero attached hydrogens (tertiary/aromatic N) is 3. The van der Waals surface area contributed by atoms with Crippen LogP contribution in [0, 0.1) is 0 Å². The molecule has 1 aliphatic heterocycles. The van der Waals surface area contributed by atoms with Crippen LogP contribution in [-0.2, 0) is 9.47 Å². The fourth-order valence-corrected chi connectivity index (χ4v) is 1.44. The molecular weight excluding hydrogens is 206 g/mol. The van der Waals surface area contributed by atoms with Crippen LogP contribution in [0.5, 0.6) is 0 Å². The van der Waals surface area contributed by atoms with E-state index >= 15 is 0 Å². The molecule has 8 heteroatoms. The van der Waals surface area contributed by atoms with E-state index in [1.54, 1.807) is 0 Å². The minimum absolute atomic E-state index is 0.457. The van der Waals surface area contributed by atoms with Crippen molar-refractivity contribution in [2.24, 2.45) is 5.11 Å². The zero-order valence-electron chi connectivity index (χ0n) is 8.09. The average molecular weight is 219 g/mol. The first-order valence-electron chi connectivity index (χ1n) is 4.35. The molecule has 1 rings (SSSR count). The van der Waals surface area contributed by atoms with Crippen LogP contribution in [0.4, 0.5) is 0 Å². The summed E-state index contributed by atoms with van der Waals surface area (Å²) in [5, 5.41) is 31.2. The highest BCUT2D eigenvalue weighted by Crippen LogP contribution is 2.23. The van der Waals surface area contributed by atoms with Gasteiger partial charge in [0.1, 0.15) is 18.2 Å². The zero-order valence-corrected chi connectivity index (χ0v) is 8.09. The van der Waals surface area contributed by atoms with Crippen LogP contribution in [0.1, 0.15) is 0 Å². The Morgan fingerprint density at radius 3 is 2.60 bits per heavy atom. The van der Waals surface area contributed by atoms with Crippen molar-refractivity contribution < 1.29 is 24.8 Å². The summed E-state index contributed by atoms with van der Waals surface area (Å²) in [6.07, 6.45) is -4.56. The molecule has 0 aromatic carbocycles. The van der Waals surface area contributed by atoms with Gasteiger partial charge in [-0.15, -0.1) is 0 Å². The number of aliphatic hydroxyl groups excluding tert-OH is 3. The topological polar surface area (TPSA) is 128 Å². The van der Waals surface area contributed by atoms with Crippen LogP contribution >= 0.6 is 0 Å². The van der Waals surface area contributed by atoms with Gasteiger partial charge in [-0.05, 0) is 5.53 Å². The smallest absolute Gasteiger partial charge is 0.168 e. The quantitative estimate of drug-likeness (QED) is 0.310. The van der Waals surface area contributed by atoms with Crippen molar-refractivity contribution in [1.29, 1.82) is 0 Å². The highest BCUT2D eigenvalue weighted by molar-refractivity contribution is 4.93. The predicted octanol–water partition coefficient (Wildman–Crippen LogP) is -1.25. The Kier molecular flexibility index (Phi) is 4.28. The van der Waals surface area contributed by atoms with E-state index in [-0.39, 0.29) is 0 Å². The minimum atomic E-state index is -1.32. The number of hydrogen-bond acceptors (Lipinski definition) is 6. The molecule has 0 aromatic heterocycles. The Bertz CT molecular complexity index is 255. The van der Waals surface area contributed by atoms with Crippen LogP contribution in [0.3, 0.4) is 0 Å². The molecule has 0 bridgehead atoms. The number of aliphatic hydroxyl groups is 3. The second-order valence-corrected chi connectivity index (χ2v) is 3.14. The molecule has 15 heavy (non-hydrogen) atoms.